The lowest BCUT2D eigenvalue weighted by molar-refractivity contribution is -0.144. The summed E-state index contributed by atoms with van der Waals surface area (Å²) < 4.78 is 9.65. The molecule has 1 aromatic rings. The second-order valence-corrected chi connectivity index (χ2v) is 15.8. The Hall–Kier alpha value is -3.30. The van der Waals surface area contributed by atoms with Crippen LogP contribution in [0.2, 0.25) is 0 Å². The normalized spacial score (nSPS) is 35.2. The van der Waals surface area contributed by atoms with Crippen molar-refractivity contribution in [1.29, 1.82) is 0 Å². The number of hydrogen-bond acceptors (Lipinski definition) is 6. The maximum Gasteiger partial charge on any atom is 0.333 e. The molecule has 9 rings (SSSR count). The van der Waals surface area contributed by atoms with E-state index in [0.717, 1.165) is 29.2 Å². The topological polar surface area (TPSA) is 135 Å². The highest BCUT2D eigenvalue weighted by Gasteiger charge is 2.50. The van der Waals surface area contributed by atoms with E-state index in [-0.39, 0.29) is 30.0 Å². The molecule has 4 amide bonds. The molecule has 1 aromatic carbocycles. The van der Waals surface area contributed by atoms with Crippen LogP contribution in [0.1, 0.15) is 89.7 Å². The highest BCUT2D eigenvalue weighted by molar-refractivity contribution is 5.85. The number of amides is 4. The smallest absolute Gasteiger partial charge is 0.333 e. The van der Waals surface area contributed by atoms with Gasteiger partial charge in [0, 0.05) is 12.1 Å². The fraction of sp³-hybridized carbons (Fsp3) is 0.730. The first-order valence-corrected chi connectivity index (χ1v) is 18.0. The summed E-state index contributed by atoms with van der Waals surface area (Å²) in [6.07, 6.45) is 12.9. The van der Waals surface area contributed by atoms with Gasteiger partial charge in [0.1, 0.15) is 6.04 Å². The Morgan fingerprint density at radius 3 is 1.38 bits per heavy atom. The van der Waals surface area contributed by atoms with Gasteiger partial charge in [0.05, 0.1) is 14.2 Å². The van der Waals surface area contributed by atoms with Gasteiger partial charge in [-0.15, -0.1) is 0 Å². The summed E-state index contributed by atoms with van der Waals surface area (Å²) in [5.74, 6) is 5.19. The van der Waals surface area contributed by atoms with Crippen molar-refractivity contribution in [1.82, 2.24) is 21.3 Å². The zero-order valence-corrected chi connectivity index (χ0v) is 28.4. The number of urea groups is 2. The van der Waals surface area contributed by atoms with E-state index < -0.39 is 18.1 Å². The molecule has 10 nitrogen and oxygen atoms in total. The second-order valence-electron chi connectivity index (χ2n) is 15.8. The molecule has 0 spiro atoms. The minimum atomic E-state index is -0.775. The van der Waals surface area contributed by atoms with Crippen molar-refractivity contribution in [3.05, 3.63) is 35.9 Å². The van der Waals surface area contributed by atoms with E-state index >= 15 is 0 Å². The Balaban J connectivity index is 0.000000166. The molecule has 2 unspecified atom stereocenters. The van der Waals surface area contributed by atoms with Crippen LogP contribution in [0.5, 0.6) is 0 Å². The summed E-state index contributed by atoms with van der Waals surface area (Å²) in [5.41, 5.74) is 0.731. The third-order valence-electron chi connectivity index (χ3n) is 12.3. The van der Waals surface area contributed by atoms with Gasteiger partial charge in [-0.25, -0.2) is 19.2 Å². The quantitative estimate of drug-likeness (QED) is 0.281. The van der Waals surface area contributed by atoms with Crippen LogP contribution >= 0.6 is 0 Å². The summed E-state index contributed by atoms with van der Waals surface area (Å²) in [7, 11) is 2.70. The predicted molar refractivity (Wildman–Crippen MR) is 177 cm³/mol. The van der Waals surface area contributed by atoms with Crippen molar-refractivity contribution in [2.24, 2.45) is 53.3 Å². The number of carbonyl (C=O) groups is 4. The lowest BCUT2D eigenvalue weighted by atomic mass is 9.54. The maximum atomic E-state index is 12.6. The van der Waals surface area contributed by atoms with Crippen molar-refractivity contribution in [3.8, 4) is 0 Å². The average molecular weight is 651 g/mol. The van der Waals surface area contributed by atoms with Crippen LogP contribution in [-0.2, 0) is 19.1 Å². The van der Waals surface area contributed by atoms with Crippen LogP contribution in [0, 0.1) is 53.3 Å². The molecule has 0 saturated heterocycles. The molecular weight excluding hydrogens is 596 g/mol. The molecule has 8 bridgehead atoms. The monoisotopic (exact) mass is 650 g/mol. The van der Waals surface area contributed by atoms with Crippen LogP contribution in [0.4, 0.5) is 9.59 Å². The number of nitrogens with one attached hydrogen (secondary N) is 4. The molecule has 8 saturated carbocycles. The highest BCUT2D eigenvalue weighted by Crippen LogP contribution is 2.54. The van der Waals surface area contributed by atoms with Gasteiger partial charge >= 0.3 is 24.0 Å². The van der Waals surface area contributed by atoms with E-state index in [4.69, 9.17) is 9.47 Å². The molecular formula is C37H54N4O6. The minimum absolute atomic E-state index is 0.0108. The van der Waals surface area contributed by atoms with Crippen LogP contribution in [0.25, 0.3) is 0 Å². The molecule has 2 atom stereocenters. The first-order chi connectivity index (χ1) is 22.6. The Morgan fingerprint density at radius 2 is 1.00 bits per heavy atom. The molecule has 8 aliphatic rings. The van der Waals surface area contributed by atoms with Gasteiger partial charge in [0.2, 0.25) is 0 Å². The molecule has 10 heteroatoms. The summed E-state index contributed by atoms with van der Waals surface area (Å²) in [6, 6.07) is 7.93. The van der Waals surface area contributed by atoms with Crippen LogP contribution in [0.15, 0.2) is 30.3 Å². The van der Waals surface area contributed by atoms with Gasteiger partial charge in [-0.05, 0) is 123 Å². The number of rotatable bonds is 8. The fourth-order valence-electron chi connectivity index (χ4n) is 10.6. The number of carbonyl (C=O) groups excluding carboxylic acids is 4. The first-order valence-electron chi connectivity index (χ1n) is 18.0. The molecule has 258 valence electrons. The van der Waals surface area contributed by atoms with E-state index in [1.165, 1.54) is 78.4 Å². The lowest BCUT2D eigenvalue weighted by Crippen LogP contribution is -2.59. The van der Waals surface area contributed by atoms with Crippen molar-refractivity contribution in [3.63, 3.8) is 0 Å². The molecule has 0 aromatic heterocycles. The zero-order chi connectivity index (χ0) is 33.2. The summed E-state index contributed by atoms with van der Waals surface area (Å²) in [4.78, 5) is 48.8. The highest BCUT2D eigenvalue weighted by atomic mass is 16.5. The van der Waals surface area contributed by atoms with E-state index in [1.807, 2.05) is 44.2 Å². The van der Waals surface area contributed by atoms with Crippen molar-refractivity contribution in [2.75, 3.05) is 14.2 Å². The van der Waals surface area contributed by atoms with Crippen molar-refractivity contribution in [2.45, 2.75) is 102 Å². The summed E-state index contributed by atoms with van der Waals surface area (Å²) in [5, 5.41) is 12.0. The Morgan fingerprint density at radius 1 is 0.596 bits per heavy atom. The average Bonchev–Trinajstić information content (AvgIpc) is 3.05. The van der Waals surface area contributed by atoms with Crippen molar-refractivity contribution >= 4 is 24.0 Å². The van der Waals surface area contributed by atoms with Crippen LogP contribution in [0.3, 0.4) is 0 Å². The number of benzene rings is 1. The van der Waals surface area contributed by atoms with E-state index in [1.54, 1.807) is 0 Å². The molecule has 4 N–H and O–H groups in total. The maximum absolute atomic E-state index is 12.6. The Kier molecular flexibility index (Phi) is 10.3. The SMILES string of the molecule is COC(=O)C(NC(=O)NC1C2CC3CC(C2)CC1C3)C(C)C.COC(=O)C(NC(=O)NC1C2CC3CC(C2)CC1C3)c1ccccc1. The van der Waals surface area contributed by atoms with Crippen LogP contribution < -0.4 is 21.3 Å². The van der Waals surface area contributed by atoms with Gasteiger partial charge in [0.15, 0.2) is 6.04 Å². The second kappa shape index (κ2) is 14.4. The van der Waals surface area contributed by atoms with Gasteiger partial charge < -0.3 is 30.7 Å². The minimum Gasteiger partial charge on any atom is -0.467 e. The molecule has 8 fully saturated rings. The number of ether oxygens (including phenoxy) is 2. The third-order valence-corrected chi connectivity index (χ3v) is 12.3. The van der Waals surface area contributed by atoms with Gasteiger partial charge in [-0.3, -0.25) is 0 Å². The van der Waals surface area contributed by atoms with E-state index in [0.29, 0.717) is 29.7 Å². The number of esters is 2. The molecule has 0 radical (unpaired) electrons. The zero-order valence-electron chi connectivity index (χ0n) is 28.4. The standard InChI is InChI=1S/C20H26N2O3.C17H28N2O3/c1-25-19(23)18(14-5-3-2-4-6-14)22-20(24)21-17-15-8-12-7-13(10-15)11-16(17)9-12;1-9(2)14(16(20)22-3)18-17(21)19-15-12-5-10-4-11(7-12)8-13(15)6-10/h2-6,12-13,15-18H,7-11H2,1H3,(H2,21,22,24);9-15H,4-8H2,1-3H3,(H2,18,19,21). The molecule has 47 heavy (non-hydrogen) atoms. The van der Waals surface area contributed by atoms with Gasteiger partial charge in [-0.2, -0.15) is 0 Å². The number of hydrogen-bond donors (Lipinski definition) is 4. The van der Waals surface area contributed by atoms with Gasteiger partial charge in [0.25, 0.3) is 0 Å². The number of methoxy groups -OCH3 is 2. The third kappa shape index (κ3) is 7.56. The fourth-order valence-corrected chi connectivity index (χ4v) is 10.6. The largest absolute Gasteiger partial charge is 0.467 e. The first kappa shape index (κ1) is 33.6. The van der Waals surface area contributed by atoms with E-state index in [2.05, 4.69) is 21.3 Å². The summed E-state index contributed by atoms with van der Waals surface area (Å²) in [6.45, 7) is 3.81. The molecule has 0 heterocycles. The van der Waals surface area contributed by atoms with Crippen LogP contribution in [-0.4, -0.2) is 56.3 Å². The van der Waals surface area contributed by atoms with Crippen molar-refractivity contribution < 1.29 is 28.7 Å². The Labute approximate surface area is 279 Å². The Bertz CT molecular complexity index is 1230. The summed E-state index contributed by atoms with van der Waals surface area (Å²) >= 11 is 0. The lowest BCUT2D eigenvalue weighted by Gasteiger charge is -2.54. The molecule has 8 aliphatic carbocycles. The van der Waals surface area contributed by atoms with E-state index in [9.17, 15) is 19.2 Å². The predicted octanol–water partition coefficient (Wildman–Crippen LogP) is 5.33. The molecule has 0 aliphatic heterocycles. The van der Waals surface area contributed by atoms with Gasteiger partial charge in [-0.1, -0.05) is 44.2 Å².